The van der Waals surface area contributed by atoms with Crippen molar-refractivity contribution in [1.29, 1.82) is 0 Å². The lowest BCUT2D eigenvalue weighted by Crippen LogP contribution is -2.26. The van der Waals surface area contributed by atoms with Gasteiger partial charge in [0.15, 0.2) is 0 Å². The number of nitrogens with zero attached hydrogens (tertiary/aromatic N) is 2. The van der Waals surface area contributed by atoms with Gasteiger partial charge in [-0.25, -0.2) is 4.68 Å². The maximum absolute atomic E-state index is 11.9. The lowest BCUT2D eigenvalue weighted by molar-refractivity contribution is 0.181. The molecule has 0 aliphatic carbocycles. The first-order valence-electron chi connectivity index (χ1n) is 5.54. The third kappa shape index (κ3) is 4.25. The molecule has 0 amide bonds. The molecule has 0 unspecified atom stereocenters. The topological polar surface area (TPSA) is 82.2 Å². The highest BCUT2D eigenvalue weighted by Crippen LogP contribution is 2.15. The number of ether oxygens (including phenoxy) is 1. The average Bonchev–Trinajstić information content (AvgIpc) is 2.38. The molecule has 0 bridgehead atoms. The standard InChI is InChI=1S/C11H17BrN4O2/c1-18-7-6-16-11(17)10(12)9(8-15-16)14-5-3-2-4-13/h2-3,8,14H,4-7,13H2,1H3/b3-2+. The number of aromatic nitrogens is 2. The van der Waals surface area contributed by atoms with Gasteiger partial charge in [0.2, 0.25) is 0 Å². The molecule has 1 aromatic rings. The van der Waals surface area contributed by atoms with E-state index in [1.807, 2.05) is 12.2 Å². The largest absolute Gasteiger partial charge is 0.383 e. The van der Waals surface area contributed by atoms with Crippen molar-refractivity contribution in [3.05, 3.63) is 33.2 Å². The van der Waals surface area contributed by atoms with E-state index in [-0.39, 0.29) is 5.56 Å². The van der Waals surface area contributed by atoms with Crippen molar-refractivity contribution < 1.29 is 4.74 Å². The summed E-state index contributed by atoms with van der Waals surface area (Å²) in [4.78, 5) is 11.9. The number of nitrogens with two attached hydrogens (primary N) is 1. The molecule has 0 saturated heterocycles. The number of rotatable bonds is 7. The van der Waals surface area contributed by atoms with E-state index in [4.69, 9.17) is 10.5 Å². The molecular weight excluding hydrogens is 300 g/mol. The highest BCUT2D eigenvalue weighted by molar-refractivity contribution is 9.10. The predicted molar refractivity (Wildman–Crippen MR) is 74.8 cm³/mol. The molecular formula is C11H17BrN4O2. The maximum Gasteiger partial charge on any atom is 0.283 e. The van der Waals surface area contributed by atoms with E-state index in [0.29, 0.717) is 36.4 Å². The summed E-state index contributed by atoms with van der Waals surface area (Å²) < 4.78 is 6.73. The molecule has 1 aromatic heterocycles. The molecule has 1 heterocycles. The van der Waals surface area contributed by atoms with Gasteiger partial charge in [-0.15, -0.1) is 0 Å². The summed E-state index contributed by atoms with van der Waals surface area (Å²) in [5.41, 5.74) is 5.81. The molecule has 0 spiro atoms. The molecule has 0 atom stereocenters. The fourth-order valence-electron chi connectivity index (χ4n) is 1.27. The molecule has 0 aromatic carbocycles. The smallest absolute Gasteiger partial charge is 0.283 e. The number of halogens is 1. The Balaban J connectivity index is 2.74. The van der Waals surface area contributed by atoms with Gasteiger partial charge in [0.05, 0.1) is 25.0 Å². The van der Waals surface area contributed by atoms with Gasteiger partial charge in [-0.1, -0.05) is 12.2 Å². The summed E-state index contributed by atoms with van der Waals surface area (Å²) in [6.07, 6.45) is 5.34. The van der Waals surface area contributed by atoms with Crippen LogP contribution >= 0.6 is 15.9 Å². The Morgan fingerprint density at radius 3 is 3.06 bits per heavy atom. The predicted octanol–water partition coefficient (Wildman–Crippen LogP) is 0.579. The van der Waals surface area contributed by atoms with Gasteiger partial charge in [-0.2, -0.15) is 5.10 Å². The zero-order valence-corrected chi connectivity index (χ0v) is 11.8. The van der Waals surface area contributed by atoms with Crippen molar-refractivity contribution in [1.82, 2.24) is 9.78 Å². The number of anilines is 1. The van der Waals surface area contributed by atoms with Crippen molar-refractivity contribution in [2.45, 2.75) is 6.54 Å². The first kappa shape index (κ1) is 14.9. The van der Waals surface area contributed by atoms with Crippen LogP contribution in [0.2, 0.25) is 0 Å². The van der Waals surface area contributed by atoms with Crippen molar-refractivity contribution in [2.24, 2.45) is 5.73 Å². The lowest BCUT2D eigenvalue weighted by Gasteiger charge is -2.08. The summed E-state index contributed by atoms with van der Waals surface area (Å²) in [5, 5.41) is 7.13. The fraction of sp³-hybridized carbons (Fsp3) is 0.455. The first-order chi connectivity index (χ1) is 8.70. The summed E-state index contributed by atoms with van der Waals surface area (Å²) in [6.45, 7) is 1.98. The van der Waals surface area contributed by atoms with Gasteiger partial charge >= 0.3 is 0 Å². The summed E-state index contributed by atoms with van der Waals surface area (Å²) in [7, 11) is 1.58. The molecule has 0 saturated carbocycles. The van der Waals surface area contributed by atoms with Crippen molar-refractivity contribution in [2.75, 3.05) is 32.1 Å². The normalized spacial score (nSPS) is 11.1. The molecule has 3 N–H and O–H groups in total. The average molecular weight is 317 g/mol. The molecule has 7 heteroatoms. The second kappa shape index (κ2) is 8.02. The van der Waals surface area contributed by atoms with Gasteiger partial charge in [0.1, 0.15) is 4.47 Å². The van der Waals surface area contributed by atoms with Crippen LogP contribution in [-0.4, -0.2) is 36.6 Å². The highest BCUT2D eigenvalue weighted by Gasteiger charge is 2.07. The van der Waals surface area contributed by atoms with Crippen LogP contribution in [0.1, 0.15) is 0 Å². The van der Waals surface area contributed by atoms with Gasteiger partial charge in [0.25, 0.3) is 5.56 Å². The number of methoxy groups -OCH3 is 1. The van der Waals surface area contributed by atoms with Crippen LogP contribution in [0.3, 0.4) is 0 Å². The second-order valence-electron chi connectivity index (χ2n) is 3.48. The molecule has 1 rings (SSSR count). The van der Waals surface area contributed by atoms with Crippen molar-refractivity contribution in [3.63, 3.8) is 0 Å². The lowest BCUT2D eigenvalue weighted by atomic mass is 10.4. The van der Waals surface area contributed by atoms with Crippen LogP contribution in [-0.2, 0) is 11.3 Å². The van der Waals surface area contributed by atoms with Gasteiger partial charge in [-0.05, 0) is 15.9 Å². The van der Waals surface area contributed by atoms with E-state index in [2.05, 4.69) is 26.3 Å². The Labute approximate surface area is 114 Å². The van der Waals surface area contributed by atoms with Crippen molar-refractivity contribution in [3.8, 4) is 0 Å². The minimum absolute atomic E-state index is 0.181. The molecule has 6 nitrogen and oxygen atoms in total. The van der Waals surface area contributed by atoms with E-state index in [0.717, 1.165) is 0 Å². The zero-order chi connectivity index (χ0) is 13.4. The summed E-state index contributed by atoms with van der Waals surface area (Å²) >= 11 is 3.27. The Kier molecular flexibility index (Phi) is 6.63. The molecule has 0 radical (unpaired) electrons. The van der Waals surface area contributed by atoms with Crippen LogP contribution < -0.4 is 16.6 Å². The number of hydrogen-bond donors (Lipinski definition) is 2. The van der Waals surface area contributed by atoms with Gasteiger partial charge in [-0.3, -0.25) is 4.79 Å². The fourth-order valence-corrected chi connectivity index (χ4v) is 1.72. The summed E-state index contributed by atoms with van der Waals surface area (Å²) in [6, 6.07) is 0. The van der Waals surface area contributed by atoms with Gasteiger partial charge in [0, 0.05) is 20.2 Å². The Bertz CT molecular complexity index is 459. The minimum atomic E-state index is -0.181. The monoisotopic (exact) mass is 316 g/mol. The van der Waals surface area contributed by atoms with Crippen LogP contribution in [0.25, 0.3) is 0 Å². The van der Waals surface area contributed by atoms with E-state index in [1.54, 1.807) is 13.3 Å². The van der Waals surface area contributed by atoms with Crippen LogP contribution in [0.5, 0.6) is 0 Å². The Morgan fingerprint density at radius 2 is 2.39 bits per heavy atom. The van der Waals surface area contributed by atoms with Crippen molar-refractivity contribution >= 4 is 21.6 Å². The molecule has 18 heavy (non-hydrogen) atoms. The second-order valence-corrected chi connectivity index (χ2v) is 4.27. The molecule has 0 aliphatic rings. The minimum Gasteiger partial charge on any atom is -0.383 e. The van der Waals surface area contributed by atoms with E-state index in [1.165, 1.54) is 4.68 Å². The van der Waals surface area contributed by atoms with E-state index in [9.17, 15) is 4.79 Å². The zero-order valence-electron chi connectivity index (χ0n) is 10.2. The number of hydrogen-bond acceptors (Lipinski definition) is 5. The maximum atomic E-state index is 11.9. The Hall–Kier alpha value is -1.18. The highest BCUT2D eigenvalue weighted by atomic mass is 79.9. The Morgan fingerprint density at radius 1 is 1.61 bits per heavy atom. The van der Waals surface area contributed by atoms with Crippen LogP contribution in [0, 0.1) is 0 Å². The van der Waals surface area contributed by atoms with Crippen LogP contribution in [0.4, 0.5) is 5.69 Å². The van der Waals surface area contributed by atoms with Crippen LogP contribution in [0.15, 0.2) is 27.6 Å². The first-order valence-corrected chi connectivity index (χ1v) is 6.33. The molecule has 0 fully saturated rings. The summed E-state index contributed by atoms with van der Waals surface area (Å²) in [5.74, 6) is 0. The SMILES string of the molecule is COCCn1ncc(NC/C=C/CN)c(Br)c1=O. The van der Waals surface area contributed by atoms with E-state index >= 15 is 0 Å². The molecule has 0 aliphatic heterocycles. The number of nitrogens with one attached hydrogen (secondary N) is 1. The third-order valence-corrected chi connectivity index (χ3v) is 2.97. The molecule has 100 valence electrons. The third-order valence-electron chi connectivity index (χ3n) is 2.21. The quantitative estimate of drug-likeness (QED) is 0.719. The van der Waals surface area contributed by atoms with E-state index < -0.39 is 0 Å². The van der Waals surface area contributed by atoms with Gasteiger partial charge < -0.3 is 15.8 Å².